The van der Waals surface area contributed by atoms with Gasteiger partial charge in [0.25, 0.3) is 12.9 Å². The molecular weight excluding hydrogens is 550 g/mol. The van der Waals surface area contributed by atoms with Crippen LogP contribution in [0.5, 0.6) is 5.75 Å². The molecule has 1 aromatic carbocycles. The Morgan fingerprint density at radius 1 is 1.38 bits per heavy atom. The predicted octanol–water partition coefficient (Wildman–Crippen LogP) is 3.97. The lowest BCUT2D eigenvalue weighted by atomic mass is 10.1. The fourth-order valence-electron chi connectivity index (χ4n) is 3.00. The number of nitrogens with one attached hydrogen (secondary N) is 1. The number of carboxylic acids is 1. The summed E-state index contributed by atoms with van der Waals surface area (Å²) in [4.78, 5) is 22.5. The molecule has 34 heavy (non-hydrogen) atoms. The minimum Gasteiger partial charge on any atom is -0.496 e. The number of amidine groups is 1. The number of nitrogens with zero attached hydrogens (tertiary/aromatic N) is 4. The predicted molar refractivity (Wildman–Crippen MR) is 119 cm³/mol. The van der Waals surface area contributed by atoms with Crippen molar-refractivity contribution in [2.24, 2.45) is 10.2 Å². The van der Waals surface area contributed by atoms with Gasteiger partial charge in [-0.3, -0.25) is 14.3 Å². The lowest BCUT2D eigenvalue weighted by Crippen LogP contribution is -2.26. The Bertz CT molecular complexity index is 1160. The van der Waals surface area contributed by atoms with Gasteiger partial charge in [-0.15, -0.1) is 5.10 Å². The van der Waals surface area contributed by atoms with Crippen molar-refractivity contribution in [3.8, 4) is 5.75 Å². The highest BCUT2D eigenvalue weighted by molar-refractivity contribution is 9.10. The number of hydrogen-bond acceptors (Lipinski definition) is 7. The van der Waals surface area contributed by atoms with Crippen LogP contribution >= 0.6 is 27.7 Å². The van der Waals surface area contributed by atoms with Crippen LogP contribution in [0, 0.1) is 0 Å². The summed E-state index contributed by atoms with van der Waals surface area (Å²) in [6.45, 7) is -0.285. The number of carboxylic acid groups (broad SMARTS) is 1. The van der Waals surface area contributed by atoms with E-state index in [0.717, 1.165) is 16.4 Å². The zero-order chi connectivity index (χ0) is 25.0. The number of carbonyl (C=O) groups excluding carboxylic acids is 1. The van der Waals surface area contributed by atoms with Crippen LogP contribution in [-0.2, 0) is 16.1 Å². The summed E-state index contributed by atoms with van der Waals surface area (Å²) in [6, 6.07) is 4.66. The summed E-state index contributed by atoms with van der Waals surface area (Å²) in [7, 11) is 1.36. The third kappa shape index (κ3) is 5.94. The number of ether oxygens (including phenoxy) is 1. The molecule has 1 aliphatic heterocycles. The van der Waals surface area contributed by atoms with E-state index in [2.05, 4.69) is 36.5 Å². The number of methoxy groups -OCH3 is 1. The number of hydrogen-bond donors (Lipinski definition) is 2. The van der Waals surface area contributed by atoms with Crippen LogP contribution in [0.25, 0.3) is 0 Å². The van der Waals surface area contributed by atoms with E-state index >= 15 is 0 Å². The number of amides is 1. The van der Waals surface area contributed by atoms with Crippen molar-refractivity contribution in [1.82, 2.24) is 15.1 Å². The molecule has 3 rings (SSSR count). The zero-order valence-electron chi connectivity index (χ0n) is 17.2. The van der Waals surface area contributed by atoms with Gasteiger partial charge in [-0.05, 0) is 39.7 Å². The Hall–Kier alpha value is -2.94. The van der Waals surface area contributed by atoms with Crippen molar-refractivity contribution in [2.45, 2.75) is 31.1 Å². The highest BCUT2D eigenvalue weighted by Gasteiger charge is 2.32. The van der Waals surface area contributed by atoms with Crippen molar-refractivity contribution in [1.29, 1.82) is 0 Å². The second-order valence-corrected chi connectivity index (χ2v) is 8.74. The maximum atomic E-state index is 13.5. The van der Waals surface area contributed by atoms with Crippen LogP contribution in [0.3, 0.4) is 0 Å². The molecule has 0 aliphatic carbocycles. The van der Waals surface area contributed by atoms with E-state index in [-0.39, 0.29) is 18.1 Å². The third-order valence-electron chi connectivity index (χ3n) is 4.49. The molecule has 1 fully saturated rings. The first-order valence-corrected chi connectivity index (χ1v) is 11.1. The van der Waals surface area contributed by atoms with Gasteiger partial charge in [0.2, 0.25) is 5.91 Å². The van der Waals surface area contributed by atoms with E-state index < -0.39 is 45.8 Å². The Labute approximate surface area is 202 Å². The Morgan fingerprint density at radius 2 is 2.12 bits per heavy atom. The summed E-state index contributed by atoms with van der Waals surface area (Å²) in [5, 5.41) is 21.9. The van der Waals surface area contributed by atoms with E-state index in [0.29, 0.717) is 16.9 Å². The SMILES string of the molecule is COc1ccc(C=NN=C2NC(=O)C(CC(=O)O)S2)cc1Cn1nc(C(F)F)c(Br)c1C(F)F. The molecule has 1 unspecified atom stereocenters. The van der Waals surface area contributed by atoms with Crippen molar-refractivity contribution in [3.63, 3.8) is 0 Å². The number of benzene rings is 1. The molecule has 1 atom stereocenters. The van der Waals surface area contributed by atoms with Gasteiger partial charge in [0, 0.05) is 5.56 Å². The number of carbonyl (C=O) groups is 2. The molecule has 2 N–H and O–H groups in total. The molecule has 1 aliphatic rings. The van der Waals surface area contributed by atoms with Gasteiger partial charge in [-0.1, -0.05) is 11.8 Å². The monoisotopic (exact) mass is 565 g/mol. The number of thioether (sulfide) groups is 1. The molecule has 0 radical (unpaired) electrons. The Balaban J connectivity index is 1.83. The highest BCUT2D eigenvalue weighted by atomic mass is 79.9. The summed E-state index contributed by atoms with van der Waals surface area (Å²) >= 11 is 3.71. The number of halogens is 5. The van der Waals surface area contributed by atoms with Gasteiger partial charge in [0.15, 0.2) is 5.17 Å². The van der Waals surface area contributed by atoms with Gasteiger partial charge in [-0.2, -0.15) is 10.2 Å². The second kappa shape index (κ2) is 11.0. The number of aromatic nitrogens is 2. The Kier molecular flexibility index (Phi) is 8.30. The fraction of sp³-hybridized carbons (Fsp3) is 0.316. The van der Waals surface area contributed by atoms with Gasteiger partial charge < -0.3 is 15.2 Å². The van der Waals surface area contributed by atoms with Crippen LogP contribution in [0.4, 0.5) is 17.6 Å². The van der Waals surface area contributed by atoms with E-state index in [1.165, 1.54) is 25.5 Å². The molecule has 0 saturated carbocycles. The molecule has 0 bridgehead atoms. The zero-order valence-corrected chi connectivity index (χ0v) is 19.6. The summed E-state index contributed by atoms with van der Waals surface area (Å²) < 4.78 is 58.9. The lowest BCUT2D eigenvalue weighted by Gasteiger charge is -2.12. The quantitative estimate of drug-likeness (QED) is 0.270. The molecule has 9 nitrogen and oxygen atoms in total. The van der Waals surface area contributed by atoms with Gasteiger partial charge in [0.1, 0.15) is 22.4 Å². The first kappa shape index (κ1) is 25.7. The van der Waals surface area contributed by atoms with Crippen molar-refractivity contribution in [3.05, 3.63) is 45.2 Å². The molecule has 1 saturated heterocycles. The maximum Gasteiger partial charge on any atom is 0.305 e. The van der Waals surface area contributed by atoms with Crippen LogP contribution < -0.4 is 10.1 Å². The average molecular weight is 566 g/mol. The Morgan fingerprint density at radius 3 is 2.74 bits per heavy atom. The van der Waals surface area contributed by atoms with E-state index in [1.54, 1.807) is 6.07 Å². The molecule has 2 heterocycles. The van der Waals surface area contributed by atoms with Crippen molar-refractivity contribution >= 4 is 51.0 Å². The standard InChI is InChI=1S/C19H16BrF4N5O4S/c1-33-10-3-2-8(6-25-27-19-26-18(32)11(34-19)5-12(30)31)4-9(10)7-29-15(17(23)24)13(20)14(28-29)16(21)22/h2-4,6,11,16-17H,5,7H2,1H3,(H,30,31)(H,26,27,32). The first-order valence-electron chi connectivity index (χ1n) is 9.40. The van der Waals surface area contributed by atoms with E-state index in [4.69, 9.17) is 9.84 Å². The summed E-state index contributed by atoms with van der Waals surface area (Å²) in [6.07, 6.45) is -5.15. The lowest BCUT2D eigenvalue weighted by molar-refractivity contribution is -0.138. The smallest absolute Gasteiger partial charge is 0.305 e. The summed E-state index contributed by atoms with van der Waals surface area (Å²) in [5.74, 6) is -1.30. The van der Waals surface area contributed by atoms with Crippen LogP contribution in [0.1, 0.15) is 41.8 Å². The summed E-state index contributed by atoms with van der Waals surface area (Å²) in [5.41, 5.74) is -0.648. The first-order chi connectivity index (χ1) is 16.1. The minimum absolute atomic E-state index is 0.128. The average Bonchev–Trinajstić information content (AvgIpc) is 3.26. The van der Waals surface area contributed by atoms with E-state index in [1.807, 2.05) is 0 Å². The molecule has 182 valence electrons. The molecule has 1 aromatic heterocycles. The number of alkyl halides is 4. The van der Waals surface area contributed by atoms with Crippen LogP contribution in [0.15, 0.2) is 32.9 Å². The van der Waals surface area contributed by atoms with Crippen LogP contribution in [-0.4, -0.2) is 50.5 Å². The number of rotatable bonds is 9. The van der Waals surface area contributed by atoms with Gasteiger partial charge >= 0.3 is 5.97 Å². The van der Waals surface area contributed by atoms with E-state index in [9.17, 15) is 27.2 Å². The molecule has 2 aromatic rings. The van der Waals surface area contributed by atoms with Gasteiger partial charge in [0.05, 0.1) is 30.8 Å². The largest absolute Gasteiger partial charge is 0.496 e. The maximum absolute atomic E-state index is 13.5. The molecular formula is C19H16BrF4N5O4S. The van der Waals surface area contributed by atoms with Crippen molar-refractivity contribution in [2.75, 3.05) is 7.11 Å². The van der Waals surface area contributed by atoms with Crippen LogP contribution in [0.2, 0.25) is 0 Å². The minimum atomic E-state index is -3.05. The normalized spacial score (nSPS) is 17.4. The van der Waals surface area contributed by atoms with Crippen molar-refractivity contribution < 1.29 is 37.0 Å². The second-order valence-electron chi connectivity index (χ2n) is 6.76. The number of aliphatic carboxylic acids is 1. The topological polar surface area (TPSA) is 118 Å². The fourth-order valence-corrected chi connectivity index (χ4v) is 4.54. The molecule has 15 heteroatoms. The molecule has 1 amide bonds. The van der Waals surface area contributed by atoms with Gasteiger partial charge in [-0.25, -0.2) is 17.6 Å². The highest BCUT2D eigenvalue weighted by Crippen LogP contribution is 2.35. The molecule has 0 spiro atoms. The third-order valence-corrected chi connectivity index (χ3v) is 6.37.